The predicted molar refractivity (Wildman–Crippen MR) is 149 cm³/mol. The number of amides is 1. The van der Waals surface area contributed by atoms with Gasteiger partial charge >= 0.3 is 0 Å². The third kappa shape index (κ3) is 6.02. The molecule has 1 amide bonds. The van der Waals surface area contributed by atoms with Crippen molar-refractivity contribution >= 4 is 44.0 Å². The van der Waals surface area contributed by atoms with E-state index in [2.05, 4.69) is 23.6 Å². The first kappa shape index (κ1) is 26.8. The third-order valence-electron chi connectivity index (χ3n) is 6.80. The number of nitrogens with zero attached hydrogens (tertiary/aromatic N) is 5. The van der Waals surface area contributed by atoms with Gasteiger partial charge in [-0.05, 0) is 63.5 Å². The molecule has 0 unspecified atom stereocenters. The minimum atomic E-state index is -0.382. The molecule has 1 aliphatic heterocycles. The SMILES string of the molecule is CCOc1cccc2sc(N(CCN(CC)CC)C(=O)c3ccc(N4CCCCC4)c([N+](=O)[O-])c3)nc12. The van der Waals surface area contributed by atoms with E-state index in [0.29, 0.717) is 36.3 Å². The number of ether oxygens (including phenoxy) is 1. The second-order valence-corrected chi connectivity index (χ2v) is 10.0. The van der Waals surface area contributed by atoms with Crippen molar-refractivity contribution in [3.05, 3.63) is 52.1 Å². The van der Waals surface area contributed by atoms with Gasteiger partial charge in [0.25, 0.3) is 11.6 Å². The van der Waals surface area contributed by atoms with E-state index in [1.807, 2.05) is 25.1 Å². The molecule has 1 aliphatic rings. The topological polar surface area (TPSA) is 92.0 Å². The average molecular weight is 526 g/mol. The van der Waals surface area contributed by atoms with Gasteiger partial charge in [0.2, 0.25) is 0 Å². The third-order valence-corrected chi connectivity index (χ3v) is 7.84. The summed E-state index contributed by atoms with van der Waals surface area (Å²) in [6, 6.07) is 10.6. The molecule has 0 bridgehead atoms. The first-order chi connectivity index (χ1) is 18.0. The number of benzene rings is 2. The van der Waals surface area contributed by atoms with Crippen molar-refractivity contribution in [3.63, 3.8) is 0 Å². The number of thiazole rings is 1. The first-order valence-corrected chi connectivity index (χ1v) is 13.9. The van der Waals surface area contributed by atoms with Crippen LogP contribution >= 0.6 is 11.3 Å². The molecule has 198 valence electrons. The summed E-state index contributed by atoms with van der Waals surface area (Å²) in [7, 11) is 0. The van der Waals surface area contributed by atoms with Crippen LogP contribution in [0.25, 0.3) is 10.2 Å². The number of hydrogen-bond acceptors (Lipinski definition) is 8. The number of anilines is 2. The summed E-state index contributed by atoms with van der Waals surface area (Å²) in [4.78, 5) is 36.3. The Morgan fingerprint density at radius 3 is 2.54 bits per heavy atom. The Morgan fingerprint density at radius 2 is 1.86 bits per heavy atom. The second-order valence-electron chi connectivity index (χ2n) is 9.02. The van der Waals surface area contributed by atoms with Crippen molar-refractivity contribution < 1.29 is 14.5 Å². The van der Waals surface area contributed by atoms with Crippen molar-refractivity contribution in [2.24, 2.45) is 0 Å². The van der Waals surface area contributed by atoms with Crippen molar-refractivity contribution in [1.82, 2.24) is 9.88 Å². The number of nitro groups is 1. The van der Waals surface area contributed by atoms with Gasteiger partial charge in [0.15, 0.2) is 5.13 Å². The number of piperidine rings is 1. The molecule has 10 heteroatoms. The lowest BCUT2D eigenvalue weighted by Gasteiger charge is -2.28. The van der Waals surface area contributed by atoms with Crippen molar-refractivity contribution in [1.29, 1.82) is 0 Å². The molecule has 9 nitrogen and oxygen atoms in total. The molecule has 2 heterocycles. The molecule has 0 saturated carbocycles. The van der Waals surface area contributed by atoms with E-state index in [9.17, 15) is 14.9 Å². The van der Waals surface area contributed by atoms with Gasteiger partial charge in [-0.3, -0.25) is 19.8 Å². The fourth-order valence-electron chi connectivity index (χ4n) is 4.73. The number of rotatable bonds is 11. The Balaban J connectivity index is 1.71. The molecule has 1 aromatic heterocycles. The highest BCUT2D eigenvalue weighted by atomic mass is 32.1. The Bertz CT molecular complexity index is 1240. The number of carbonyl (C=O) groups excluding carboxylic acids is 1. The smallest absolute Gasteiger partial charge is 0.293 e. The summed E-state index contributed by atoms with van der Waals surface area (Å²) < 4.78 is 6.68. The van der Waals surface area contributed by atoms with Gasteiger partial charge in [-0.1, -0.05) is 31.3 Å². The van der Waals surface area contributed by atoms with Crippen LogP contribution in [0.1, 0.15) is 50.4 Å². The molecule has 4 rings (SSSR count). The predicted octanol–water partition coefficient (Wildman–Crippen LogP) is 5.58. The van der Waals surface area contributed by atoms with Gasteiger partial charge in [-0.2, -0.15) is 0 Å². The lowest BCUT2D eigenvalue weighted by molar-refractivity contribution is -0.384. The van der Waals surface area contributed by atoms with Crippen LogP contribution in [0.4, 0.5) is 16.5 Å². The summed E-state index contributed by atoms with van der Waals surface area (Å²) in [6.07, 6.45) is 3.16. The zero-order valence-corrected chi connectivity index (χ0v) is 22.6. The maximum atomic E-state index is 13.9. The van der Waals surface area contributed by atoms with Crippen molar-refractivity contribution in [2.45, 2.75) is 40.0 Å². The van der Waals surface area contributed by atoms with Crippen molar-refractivity contribution in [3.8, 4) is 5.75 Å². The van der Waals surface area contributed by atoms with E-state index in [1.54, 1.807) is 17.0 Å². The normalized spacial score (nSPS) is 13.8. The number of para-hydroxylation sites is 1. The number of aromatic nitrogens is 1. The zero-order chi connectivity index (χ0) is 26.4. The molecule has 0 radical (unpaired) electrons. The average Bonchev–Trinajstić information content (AvgIpc) is 3.36. The first-order valence-electron chi connectivity index (χ1n) is 13.1. The lowest BCUT2D eigenvalue weighted by Crippen LogP contribution is -2.39. The minimum Gasteiger partial charge on any atom is -0.492 e. The van der Waals surface area contributed by atoms with E-state index >= 15 is 0 Å². The second kappa shape index (κ2) is 12.3. The maximum absolute atomic E-state index is 13.9. The van der Waals surface area contributed by atoms with E-state index in [0.717, 1.165) is 55.7 Å². The van der Waals surface area contributed by atoms with E-state index < -0.39 is 0 Å². The minimum absolute atomic E-state index is 0.0284. The number of carbonyl (C=O) groups is 1. The summed E-state index contributed by atoms with van der Waals surface area (Å²) in [5.74, 6) is 0.387. The van der Waals surface area contributed by atoms with Crippen LogP contribution in [0.2, 0.25) is 0 Å². The van der Waals surface area contributed by atoms with E-state index in [4.69, 9.17) is 9.72 Å². The van der Waals surface area contributed by atoms with Crippen LogP contribution < -0.4 is 14.5 Å². The lowest BCUT2D eigenvalue weighted by atomic mass is 10.1. The van der Waals surface area contributed by atoms with Gasteiger partial charge in [-0.25, -0.2) is 4.98 Å². The largest absolute Gasteiger partial charge is 0.492 e. The molecule has 0 N–H and O–H groups in total. The van der Waals surface area contributed by atoms with Crippen LogP contribution in [0.5, 0.6) is 5.75 Å². The molecule has 0 aliphatic carbocycles. The molecular formula is C27H35N5O4S. The summed E-state index contributed by atoms with van der Waals surface area (Å²) >= 11 is 1.42. The van der Waals surface area contributed by atoms with Gasteiger partial charge in [0.05, 0.1) is 16.2 Å². The summed E-state index contributed by atoms with van der Waals surface area (Å²) in [5.41, 5.74) is 1.56. The molecule has 0 atom stereocenters. The fourth-order valence-corrected chi connectivity index (χ4v) is 5.73. The highest BCUT2D eigenvalue weighted by molar-refractivity contribution is 7.22. The summed E-state index contributed by atoms with van der Waals surface area (Å²) in [5, 5.41) is 12.6. The monoisotopic (exact) mass is 525 g/mol. The van der Waals surface area contributed by atoms with Gasteiger partial charge in [0, 0.05) is 37.8 Å². The summed E-state index contributed by atoms with van der Waals surface area (Å²) in [6.45, 7) is 11.0. The fraction of sp³-hybridized carbons (Fsp3) is 0.481. The Hall–Kier alpha value is -3.24. The Morgan fingerprint density at radius 1 is 1.11 bits per heavy atom. The van der Waals surface area contributed by atoms with E-state index in [-0.39, 0.29) is 22.1 Å². The number of nitro benzene ring substituents is 1. The van der Waals surface area contributed by atoms with Gasteiger partial charge in [0.1, 0.15) is 17.0 Å². The molecule has 2 aromatic carbocycles. The van der Waals surface area contributed by atoms with Crippen LogP contribution in [-0.4, -0.2) is 66.6 Å². The van der Waals surface area contributed by atoms with Gasteiger partial charge < -0.3 is 14.5 Å². The van der Waals surface area contributed by atoms with Gasteiger partial charge in [-0.15, -0.1) is 0 Å². The maximum Gasteiger partial charge on any atom is 0.293 e. The Kier molecular flexibility index (Phi) is 8.94. The number of hydrogen-bond donors (Lipinski definition) is 0. The van der Waals surface area contributed by atoms with Crippen LogP contribution in [0, 0.1) is 10.1 Å². The standard InChI is InChI=1S/C27H35N5O4S/c1-4-29(5-2)17-18-31(27-28-25-23(36-6-3)11-10-12-24(25)37-27)26(33)20-13-14-21(22(19-20)32(34)35)30-15-8-7-9-16-30/h10-14,19H,4-9,15-18H2,1-3H3. The van der Waals surface area contributed by atoms with Crippen LogP contribution in [-0.2, 0) is 0 Å². The highest BCUT2D eigenvalue weighted by Crippen LogP contribution is 2.36. The van der Waals surface area contributed by atoms with Crippen LogP contribution in [0.3, 0.4) is 0 Å². The molecule has 0 spiro atoms. The number of likely N-dealkylation sites (N-methyl/N-ethyl adjacent to an activating group) is 1. The highest BCUT2D eigenvalue weighted by Gasteiger charge is 2.27. The zero-order valence-electron chi connectivity index (χ0n) is 21.8. The molecule has 3 aromatic rings. The van der Waals surface area contributed by atoms with Crippen LogP contribution in [0.15, 0.2) is 36.4 Å². The van der Waals surface area contributed by atoms with E-state index in [1.165, 1.54) is 17.4 Å². The van der Waals surface area contributed by atoms with Crippen molar-refractivity contribution in [2.75, 3.05) is 55.7 Å². The molecule has 1 fully saturated rings. The molecule has 37 heavy (non-hydrogen) atoms. The molecule has 1 saturated heterocycles. The molecular weight excluding hydrogens is 490 g/mol. The quantitative estimate of drug-likeness (QED) is 0.238. The number of fused-ring (bicyclic) bond motifs is 1. The Labute approximate surface area is 221 Å².